The lowest BCUT2D eigenvalue weighted by atomic mass is 10.2. The summed E-state index contributed by atoms with van der Waals surface area (Å²) < 4.78 is 11.0. The molecule has 1 rings (SSSR count). The van der Waals surface area contributed by atoms with Gasteiger partial charge in [0.15, 0.2) is 0 Å². The van der Waals surface area contributed by atoms with Crippen molar-refractivity contribution in [3.63, 3.8) is 0 Å². The number of nitrogens with zero attached hydrogens (tertiary/aromatic N) is 1. The number of thiocarbonyl (C=S) groups is 1. The number of carbonyl (C=O) groups excluding carboxylic acids is 1. The highest BCUT2D eigenvalue weighted by Crippen LogP contribution is 2.02. The Morgan fingerprint density at radius 2 is 1.83 bits per heavy atom. The normalized spacial score (nSPS) is 10.1. The third-order valence-corrected chi connectivity index (χ3v) is 3.19. The second-order valence-electron chi connectivity index (χ2n) is 4.90. The average Bonchev–Trinajstić information content (AvgIpc) is 2.49. The fourth-order valence-corrected chi connectivity index (χ4v) is 1.92. The number of H-pyrrole nitrogens is 1. The van der Waals surface area contributed by atoms with Crippen LogP contribution in [0.3, 0.4) is 0 Å². The van der Waals surface area contributed by atoms with E-state index in [9.17, 15) is 14.4 Å². The first-order valence-corrected chi connectivity index (χ1v) is 7.65. The van der Waals surface area contributed by atoms with Crippen molar-refractivity contribution >= 4 is 23.4 Å². The van der Waals surface area contributed by atoms with E-state index in [1.54, 1.807) is 6.92 Å². The maximum Gasteiger partial charge on any atom is 0.336 e. The molecule has 8 heteroatoms. The Labute approximate surface area is 138 Å². The fraction of sp³-hybridized carbons (Fsp3) is 0.467. The molecule has 0 atom stereocenters. The zero-order chi connectivity index (χ0) is 17.2. The molecule has 7 nitrogen and oxygen atoms in total. The highest BCUT2D eigenvalue weighted by molar-refractivity contribution is 7.80. The molecule has 0 radical (unpaired) electrons. The number of unbranched alkanes of at least 4 members (excludes halogenated alkanes) is 3. The summed E-state index contributed by atoms with van der Waals surface area (Å²) in [7, 11) is 0. The number of esters is 1. The highest BCUT2D eigenvalue weighted by atomic mass is 32.1. The van der Waals surface area contributed by atoms with Crippen LogP contribution in [0.4, 0.5) is 0 Å². The van der Waals surface area contributed by atoms with E-state index in [0.717, 1.165) is 23.8 Å². The minimum absolute atomic E-state index is 0.160. The first-order valence-electron chi connectivity index (χ1n) is 7.24. The molecule has 0 fully saturated rings. The Kier molecular flexibility index (Phi) is 7.96. The van der Waals surface area contributed by atoms with Gasteiger partial charge < -0.3 is 14.5 Å². The van der Waals surface area contributed by atoms with E-state index in [1.165, 1.54) is 12.3 Å². The molecule has 0 saturated carbocycles. The predicted molar refractivity (Wildman–Crippen MR) is 89.5 cm³/mol. The number of hydrogen-bond donors (Lipinski definition) is 1. The number of ether oxygens (including phenoxy) is 2. The van der Waals surface area contributed by atoms with Crippen LogP contribution < -0.4 is 11.2 Å². The fourth-order valence-electron chi connectivity index (χ4n) is 1.67. The van der Waals surface area contributed by atoms with Crippen molar-refractivity contribution in [2.24, 2.45) is 0 Å². The van der Waals surface area contributed by atoms with Crippen LogP contribution in [0.2, 0.25) is 0 Å². The van der Waals surface area contributed by atoms with Gasteiger partial charge in [-0.25, -0.2) is 9.59 Å². The Bertz CT molecular complexity index is 649. The van der Waals surface area contributed by atoms with E-state index in [4.69, 9.17) is 21.7 Å². The maximum atomic E-state index is 11.5. The van der Waals surface area contributed by atoms with E-state index >= 15 is 0 Å². The van der Waals surface area contributed by atoms with E-state index in [2.05, 4.69) is 11.6 Å². The topological polar surface area (TPSA) is 90.4 Å². The maximum absolute atomic E-state index is 11.5. The summed E-state index contributed by atoms with van der Waals surface area (Å²) in [6.45, 7) is 5.77. The summed E-state index contributed by atoms with van der Waals surface area (Å²) in [4.78, 5) is 36.5. The van der Waals surface area contributed by atoms with Gasteiger partial charge in [-0.05, 0) is 44.8 Å². The Hall–Kier alpha value is -2.22. The number of hydrogen-bond acceptors (Lipinski definition) is 6. The second kappa shape index (κ2) is 9.73. The van der Waals surface area contributed by atoms with Crippen molar-refractivity contribution in [2.45, 2.75) is 32.6 Å². The zero-order valence-electron chi connectivity index (χ0n) is 13.0. The first-order chi connectivity index (χ1) is 10.9. The van der Waals surface area contributed by atoms with Crippen molar-refractivity contribution in [3.8, 4) is 0 Å². The summed E-state index contributed by atoms with van der Waals surface area (Å²) in [5.74, 6) is -0.378. The third-order valence-electron chi connectivity index (χ3n) is 2.88. The van der Waals surface area contributed by atoms with E-state index in [1.807, 2.05) is 0 Å². The first kappa shape index (κ1) is 18.8. The summed E-state index contributed by atoms with van der Waals surface area (Å²) >= 11 is 4.92. The van der Waals surface area contributed by atoms with Crippen LogP contribution in [0.15, 0.2) is 34.0 Å². The molecule has 1 aromatic rings. The number of aromatic amines is 1. The molecule has 0 saturated heterocycles. The van der Waals surface area contributed by atoms with E-state index < -0.39 is 11.2 Å². The zero-order valence-corrected chi connectivity index (χ0v) is 13.8. The Morgan fingerprint density at radius 1 is 1.22 bits per heavy atom. The highest BCUT2D eigenvalue weighted by Gasteiger charge is 2.07. The summed E-state index contributed by atoms with van der Waals surface area (Å²) in [5.41, 5.74) is -0.766. The third kappa shape index (κ3) is 6.60. The van der Waals surface area contributed by atoms with Gasteiger partial charge in [-0.2, -0.15) is 4.57 Å². The van der Waals surface area contributed by atoms with Crippen molar-refractivity contribution in [1.82, 2.24) is 9.55 Å². The lowest BCUT2D eigenvalue weighted by molar-refractivity contribution is -0.139. The van der Waals surface area contributed by atoms with Crippen LogP contribution in [-0.4, -0.2) is 33.9 Å². The molecule has 23 heavy (non-hydrogen) atoms. The molecule has 0 aliphatic heterocycles. The largest absolute Gasteiger partial charge is 0.470 e. The van der Waals surface area contributed by atoms with Gasteiger partial charge in [-0.3, -0.25) is 4.79 Å². The lowest BCUT2D eigenvalue weighted by Gasteiger charge is -2.08. The summed E-state index contributed by atoms with van der Waals surface area (Å²) in [5, 5.41) is -0.160. The van der Waals surface area contributed by atoms with Gasteiger partial charge in [0.1, 0.15) is 0 Å². The summed E-state index contributed by atoms with van der Waals surface area (Å²) in [6, 6.07) is 1.20. The molecule has 0 aromatic carbocycles. The van der Waals surface area contributed by atoms with Crippen LogP contribution in [-0.2, 0) is 14.3 Å². The van der Waals surface area contributed by atoms with Crippen molar-refractivity contribution in [2.75, 3.05) is 13.2 Å². The molecule has 0 aliphatic rings. The van der Waals surface area contributed by atoms with Gasteiger partial charge >= 0.3 is 11.7 Å². The van der Waals surface area contributed by atoms with Gasteiger partial charge in [-0.1, -0.05) is 6.58 Å². The van der Waals surface area contributed by atoms with E-state index in [0.29, 0.717) is 25.2 Å². The van der Waals surface area contributed by atoms with Crippen molar-refractivity contribution in [1.29, 1.82) is 0 Å². The monoisotopic (exact) mass is 340 g/mol. The SMILES string of the molecule is C=C(C)C(=O)OCCCCCCOC(=S)n1c(=O)cc[nH]c1=O. The van der Waals surface area contributed by atoms with Crippen LogP contribution in [0.5, 0.6) is 0 Å². The molecule has 0 amide bonds. The van der Waals surface area contributed by atoms with Crippen LogP contribution in [0.25, 0.3) is 0 Å². The van der Waals surface area contributed by atoms with Gasteiger partial charge in [-0.15, -0.1) is 0 Å². The molecule has 1 heterocycles. The number of rotatable bonds is 8. The van der Waals surface area contributed by atoms with Gasteiger partial charge in [0.25, 0.3) is 10.7 Å². The van der Waals surface area contributed by atoms with Crippen molar-refractivity contribution < 1.29 is 14.3 Å². The average molecular weight is 340 g/mol. The van der Waals surface area contributed by atoms with E-state index in [-0.39, 0.29) is 11.1 Å². The smallest absolute Gasteiger partial charge is 0.336 e. The van der Waals surface area contributed by atoms with Crippen LogP contribution >= 0.6 is 12.2 Å². The van der Waals surface area contributed by atoms with Gasteiger partial charge in [0.05, 0.1) is 13.2 Å². The van der Waals surface area contributed by atoms with Crippen LogP contribution in [0.1, 0.15) is 32.6 Å². The number of aromatic nitrogens is 2. The molecule has 1 N–H and O–H groups in total. The quantitative estimate of drug-likeness (QED) is 0.333. The molecular weight excluding hydrogens is 320 g/mol. The molecule has 0 unspecified atom stereocenters. The minimum Gasteiger partial charge on any atom is -0.470 e. The molecule has 0 spiro atoms. The van der Waals surface area contributed by atoms with Crippen molar-refractivity contribution in [3.05, 3.63) is 45.3 Å². The van der Waals surface area contributed by atoms with Gasteiger partial charge in [0.2, 0.25) is 0 Å². The van der Waals surface area contributed by atoms with Crippen LogP contribution in [0, 0.1) is 0 Å². The Balaban J connectivity index is 2.17. The predicted octanol–water partition coefficient (Wildman–Crippen LogP) is 1.37. The standard InChI is InChI=1S/C15H20N2O5S/c1-11(2)13(19)21-9-5-3-4-6-10-22-15(23)17-12(18)7-8-16-14(17)20/h7-8H,1,3-6,9-10H2,2H3,(H,16,20). The molecule has 0 aliphatic carbocycles. The molecule has 0 bridgehead atoms. The molecular formula is C15H20N2O5S. The summed E-state index contributed by atoms with van der Waals surface area (Å²) in [6.07, 6.45) is 4.44. The number of nitrogens with one attached hydrogen (secondary N) is 1. The number of carbonyl (C=O) groups is 1. The molecule has 126 valence electrons. The minimum atomic E-state index is -0.623. The second-order valence-corrected chi connectivity index (χ2v) is 5.25. The Morgan fingerprint density at radius 3 is 2.39 bits per heavy atom. The molecule has 1 aromatic heterocycles. The lowest BCUT2D eigenvalue weighted by Crippen LogP contribution is -2.39. The van der Waals surface area contributed by atoms with Gasteiger partial charge in [0, 0.05) is 17.8 Å².